The van der Waals surface area contributed by atoms with Crippen LogP contribution in [-0.4, -0.2) is 42.2 Å². The summed E-state index contributed by atoms with van der Waals surface area (Å²) in [5.74, 6) is 0.611. The number of carbonyl (C=O) groups excluding carboxylic acids is 1. The zero-order chi connectivity index (χ0) is 21.0. The van der Waals surface area contributed by atoms with Crippen LogP contribution in [0.2, 0.25) is 0 Å². The molecular formula is C26H33NO3. The monoisotopic (exact) mass is 407 g/mol. The van der Waals surface area contributed by atoms with Gasteiger partial charge in [0, 0.05) is 24.4 Å². The van der Waals surface area contributed by atoms with E-state index < -0.39 is 0 Å². The van der Waals surface area contributed by atoms with Crippen LogP contribution in [0.5, 0.6) is 5.75 Å². The molecule has 0 spiro atoms. The highest BCUT2D eigenvalue weighted by Gasteiger charge is 2.51. The number of hydrogen-bond donors (Lipinski definition) is 1. The van der Waals surface area contributed by atoms with E-state index >= 15 is 0 Å². The number of hydrogen-bond acceptors (Lipinski definition) is 4. The van der Waals surface area contributed by atoms with E-state index in [1.54, 1.807) is 6.07 Å². The van der Waals surface area contributed by atoms with Gasteiger partial charge in [-0.3, -0.25) is 9.69 Å². The Morgan fingerprint density at radius 2 is 2.00 bits per heavy atom. The molecule has 1 aliphatic heterocycles. The van der Waals surface area contributed by atoms with Crippen LogP contribution >= 0.6 is 0 Å². The van der Waals surface area contributed by atoms with Crippen LogP contribution < -0.4 is 0 Å². The molecule has 2 aliphatic rings. The van der Waals surface area contributed by atoms with E-state index in [9.17, 15) is 9.90 Å². The quantitative estimate of drug-likeness (QED) is 0.676. The molecule has 0 aromatic heterocycles. The average molecular weight is 408 g/mol. The summed E-state index contributed by atoms with van der Waals surface area (Å²) in [5.41, 5.74) is 2.66. The molecule has 0 radical (unpaired) electrons. The van der Waals surface area contributed by atoms with Crippen molar-refractivity contribution >= 4 is 5.97 Å². The Hall–Kier alpha value is -2.33. The Balaban J connectivity index is 1.59. The van der Waals surface area contributed by atoms with Crippen molar-refractivity contribution in [3.8, 4) is 5.75 Å². The second-order valence-corrected chi connectivity index (χ2v) is 8.91. The Kier molecular flexibility index (Phi) is 6.43. The molecule has 4 heteroatoms. The molecule has 1 saturated carbocycles. The number of rotatable bonds is 7. The number of likely N-dealkylation sites (tertiary alicyclic amines) is 1. The lowest BCUT2D eigenvalue weighted by Gasteiger charge is -2.57. The minimum Gasteiger partial charge on any atom is -0.508 e. The highest BCUT2D eigenvalue weighted by atomic mass is 16.5. The van der Waals surface area contributed by atoms with Crippen LogP contribution in [0.1, 0.15) is 49.7 Å². The number of fused-ring (bicyclic) bond motifs is 2. The molecule has 1 aliphatic carbocycles. The number of esters is 1. The topological polar surface area (TPSA) is 49.8 Å². The molecule has 1 N–H and O–H groups in total. The molecule has 2 fully saturated rings. The molecule has 1 saturated heterocycles. The maximum Gasteiger partial charge on any atom is 0.305 e. The summed E-state index contributed by atoms with van der Waals surface area (Å²) in [5, 5.41) is 10.2. The number of phenols is 1. The van der Waals surface area contributed by atoms with Crippen molar-refractivity contribution in [3.05, 3.63) is 65.7 Å². The van der Waals surface area contributed by atoms with Crippen molar-refractivity contribution in [1.29, 1.82) is 0 Å². The zero-order valence-electron chi connectivity index (χ0n) is 17.9. The van der Waals surface area contributed by atoms with E-state index in [4.69, 9.17) is 4.74 Å². The van der Waals surface area contributed by atoms with Crippen LogP contribution in [0.15, 0.2) is 54.6 Å². The number of nitrogens with zero attached hydrogens (tertiary/aromatic N) is 1. The van der Waals surface area contributed by atoms with E-state index in [0.29, 0.717) is 24.1 Å². The lowest BCUT2D eigenvalue weighted by atomic mass is 9.55. The fraction of sp³-hybridized carbons (Fsp3) is 0.500. The predicted molar refractivity (Wildman–Crippen MR) is 118 cm³/mol. The van der Waals surface area contributed by atoms with Gasteiger partial charge in [0.05, 0.1) is 7.11 Å². The van der Waals surface area contributed by atoms with Gasteiger partial charge in [0.25, 0.3) is 0 Å². The van der Waals surface area contributed by atoms with E-state index in [0.717, 1.165) is 38.8 Å². The Morgan fingerprint density at radius 3 is 2.77 bits per heavy atom. The van der Waals surface area contributed by atoms with E-state index in [1.807, 2.05) is 12.1 Å². The first-order chi connectivity index (χ1) is 14.6. The molecule has 1 heterocycles. The highest BCUT2D eigenvalue weighted by Crippen LogP contribution is 2.53. The molecule has 2 bridgehead atoms. The van der Waals surface area contributed by atoms with Crippen molar-refractivity contribution < 1.29 is 14.6 Å². The van der Waals surface area contributed by atoms with Gasteiger partial charge < -0.3 is 9.84 Å². The maximum absolute atomic E-state index is 12.0. The summed E-state index contributed by atoms with van der Waals surface area (Å²) < 4.78 is 4.96. The van der Waals surface area contributed by atoms with Crippen LogP contribution in [0, 0.1) is 5.92 Å². The lowest BCUT2D eigenvalue weighted by molar-refractivity contribution is -0.141. The molecule has 4 nitrogen and oxygen atoms in total. The van der Waals surface area contributed by atoms with Crippen LogP contribution in [-0.2, 0) is 21.4 Å². The van der Waals surface area contributed by atoms with Crippen LogP contribution in [0.3, 0.4) is 0 Å². The summed E-state index contributed by atoms with van der Waals surface area (Å²) >= 11 is 0. The normalized spacial score (nSPS) is 26.3. The summed E-state index contributed by atoms with van der Waals surface area (Å²) in [6, 6.07) is 19.0. The molecule has 4 rings (SSSR count). The highest BCUT2D eigenvalue weighted by molar-refractivity contribution is 5.69. The SMILES string of the molecule is COC(=O)CC[C@@H]1[C@@H]2CCC[C@@]1(c1cccc(O)c1)CCN2CCc1ccccc1. The summed E-state index contributed by atoms with van der Waals surface area (Å²) in [7, 11) is 1.47. The summed E-state index contributed by atoms with van der Waals surface area (Å²) in [6.45, 7) is 2.13. The first-order valence-corrected chi connectivity index (χ1v) is 11.3. The molecule has 0 unspecified atom stereocenters. The standard InChI is InChI=1S/C26H33NO3/c1-30-25(29)13-12-23-24-11-6-15-26(23,21-9-5-10-22(28)19-21)16-18-27(24)17-14-20-7-3-2-4-8-20/h2-5,7-10,19,23-24,28H,6,11-18H2,1H3/t23-,24+,26+/m1/s1. The Morgan fingerprint density at radius 1 is 1.17 bits per heavy atom. The number of carbonyl (C=O) groups is 1. The molecule has 160 valence electrons. The molecule has 30 heavy (non-hydrogen) atoms. The van der Waals surface area contributed by atoms with Crippen molar-refractivity contribution in [2.45, 2.75) is 56.4 Å². The van der Waals surface area contributed by atoms with E-state index in [2.05, 4.69) is 41.3 Å². The van der Waals surface area contributed by atoms with Crippen molar-refractivity contribution in [2.75, 3.05) is 20.2 Å². The minimum atomic E-state index is -0.124. The predicted octanol–water partition coefficient (Wildman–Crippen LogP) is 4.70. The molecule has 3 atom stereocenters. The minimum absolute atomic E-state index is 0.0406. The number of benzene rings is 2. The fourth-order valence-corrected chi connectivity index (χ4v) is 6.00. The van der Waals surface area contributed by atoms with Gasteiger partial charge in [-0.2, -0.15) is 0 Å². The van der Waals surface area contributed by atoms with Gasteiger partial charge in [-0.15, -0.1) is 0 Å². The average Bonchev–Trinajstić information content (AvgIpc) is 2.77. The number of aromatic hydroxyl groups is 1. The van der Waals surface area contributed by atoms with Gasteiger partial charge >= 0.3 is 5.97 Å². The van der Waals surface area contributed by atoms with Gasteiger partial charge in [0.1, 0.15) is 5.75 Å². The Bertz CT molecular complexity index is 852. The van der Waals surface area contributed by atoms with E-state index in [1.165, 1.54) is 31.1 Å². The van der Waals surface area contributed by atoms with Crippen LogP contribution in [0.25, 0.3) is 0 Å². The third-order valence-corrected chi connectivity index (χ3v) is 7.45. The first-order valence-electron chi connectivity index (χ1n) is 11.3. The lowest BCUT2D eigenvalue weighted by Crippen LogP contribution is -2.59. The summed E-state index contributed by atoms with van der Waals surface area (Å²) in [6.07, 6.45) is 6.94. The van der Waals surface area contributed by atoms with Gasteiger partial charge in [0.15, 0.2) is 0 Å². The van der Waals surface area contributed by atoms with Gasteiger partial charge in [-0.05, 0) is 67.8 Å². The van der Waals surface area contributed by atoms with Crippen molar-refractivity contribution in [2.24, 2.45) is 5.92 Å². The number of phenolic OH excluding ortho intramolecular Hbond substituents is 1. The number of piperidine rings is 1. The second-order valence-electron chi connectivity index (χ2n) is 8.91. The largest absolute Gasteiger partial charge is 0.508 e. The molecular weight excluding hydrogens is 374 g/mol. The first kappa shape index (κ1) is 20.9. The Labute approximate surface area is 179 Å². The third-order valence-electron chi connectivity index (χ3n) is 7.45. The van der Waals surface area contributed by atoms with Gasteiger partial charge in [0.2, 0.25) is 0 Å². The fourth-order valence-electron chi connectivity index (χ4n) is 6.00. The zero-order valence-corrected chi connectivity index (χ0v) is 17.9. The summed E-state index contributed by atoms with van der Waals surface area (Å²) in [4.78, 5) is 14.6. The molecule has 0 amide bonds. The number of ether oxygens (including phenoxy) is 1. The van der Waals surface area contributed by atoms with Crippen molar-refractivity contribution in [1.82, 2.24) is 4.90 Å². The van der Waals surface area contributed by atoms with Crippen LogP contribution in [0.4, 0.5) is 0 Å². The third kappa shape index (κ3) is 4.24. The van der Waals surface area contributed by atoms with Gasteiger partial charge in [-0.25, -0.2) is 0 Å². The van der Waals surface area contributed by atoms with Gasteiger partial charge in [-0.1, -0.05) is 48.9 Å². The second kappa shape index (κ2) is 9.22. The molecule has 2 aromatic carbocycles. The molecule has 2 aromatic rings. The number of methoxy groups -OCH3 is 1. The smallest absolute Gasteiger partial charge is 0.305 e. The maximum atomic E-state index is 12.0. The van der Waals surface area contributed by atoms with Crippen molar-refractivity contribution in [3.63, 3.8) is 0 Å². The van der Waals surface area contributed by atoms with E-state index in [-0.39, 0.29) is 11.4 Å².